The number of hydrogen-bond donors (Lipinski definition) is 2. The third kappa shape index (κ3) is 3.11. The molecule has 0 radical (unpaired) electrons. The van der Waals surface area contributed by atoms with Crippen LogP contribution in [-0.4, -0.2) is 10.8 Å². The van der Waals surface area contributed by atoms with E-state index >= 15 is 0 Å². The van der Waals surface area contributed by atoms with Crippen LogP contribution < -0.4 is 11.1 Å². The number of carbonyl (C=O) groups is 1. The van der Waals surface area contributed by atoms with Gasteiger partial charge in [-0.3, -0.25) is 14.9 Å². The van der Waals surface area contributed by atoms with Crippen molar-refractivity contribution in [1.29, 1.82) is 0 Å². The molecule has 0 bridgehead atoms. The number of nitro groups is 1. The molecule has 0 aromatic heterocycles. The Hall–Kier alpha value is -3.03. The summed E-state index contributed by atoms with van der Waals surface area (Å²) in [5, 5.41) is 12.9. The van der Waals surface area contributed by atoms with Gasteiger partial charge in [-0.15, -0.1) is 0 Å². The quantitative estimate of drug-likeness (QED) is 0.516. The summed E-state index contributed by atoms with van der Waals surface area (Å²) in [6, 6.07) is 6.32. The molecular formula is C13H9F2N3O3. The second-order valence-corrected chi connectivity index (χ2v) is 4.12. The minimum absolute atomic E-state index is 0.0238. The molecule has 0 saturated carbocycles. The van der Waals surface area contributed by atoms with Crippen LogP contribution in [0.2, 0.25) is 0 Å². The average Bonchev–Trinajstić information content (AvgIpc) is 2.40. The molecule has 108 valence electrons. The second-order valence-electron chi connectivity index (χ2n) is 4.12. The first-order valence-corrected chi connectivity index (χ1v) is 5.69. The summed E-state index contributed by atoms with van der Waals surface area (Å²) in [5.41, 5.74) is 4.42. The molecule has 6 nitrogen and oxygen atoms in total. The van der Waals surface area contributed by atoms with Crippen molar-refractivity contribution in [1.82, 2.24) is 0 Å². The first-order valence-electron chi connectivity index (χ1n) is 5.69. The number of hydrogen-bond acceptors (Lipinski definition) is 4. The zero-order valence-electron chi connectivity index (χ0n) is 10.5. The summed E-state index contributed by atoms with van der Waals surface area (Å²) in [4.78, 5) is 21.5. The molecule has 2 rings (SSSR count). The molecule has 0 aliphatic rings. The second kappa shape index (κ2) is 5.53. The number of nitro benzene ring substituents is 1. The fourth-order valence-electron chi connectivity index (χ4n) is 1.64. The largest absolute Gasteiger partial charge is 0.399 e. The summed E-state index contributed by atoms with van der Waals surface area (Å²) in [7, 11) is 0. The lowest BCUT2D eigenvalue weighted by Gasteiger charge is -2.07. The number of nitrogens with one attached hydrogen (secondary N) is 1. The Morgan fingerprint density at radius 2 is 1.86 bits per heavy atom. The van der Waals surface area contributed by atoms with E-state index in [1.165, 1.54) is 12.1 Å². The van der Waals surface area contributed by atoms with Crippen molar-refractivity contribution in [2.75, 3.05) is 11.1 Å². The van der Waals surface area contributed by atoms with E-state index in [0.29, 0.717) is 0 Å². The molecule has 3 N–H and O–H groups in total. The van der Waals surface area contributed by atoms with Gasteiger partial charge in [0.05, 0.1) is 10.5 Å². The lowest BCUT2D eigenvalue weighted by atomic mass is 10.1. The van der Waals surface area contributed by atoms with Gasteiger partial charge in [-0.05, 0) is 30.3 Å². The van der Waals surface area contributed by atoms with Gasteiger partial charge < -0.3 is 11.1 Å². The minimum atomic E-state index is -1.03. The number of nitrogens with zero attached hydrogens (tertiary/aromatic N) is 1. The van der Waals surface area contributed by atoms with E-state index in [1.54, 1.807) is 0 Å². The summed E-state index contributed by atoms with van der Waals surface area (Å²) in [6.07, 6.45) is 0. The molecule has 2 aromatic carbocycles. The fraction of sp³-hybridized carbons (Fsp3) is 0. The summed E-state index contributed by atoms with van der Waals surface area (Å²) < 4.78 is 26.7. The average molecular weight is 293 g/mol. The normalized spacial score (nSPS) is 10.2. The number of nitrogens with two attached hydrogens (primary N) is 1. The van der Waals surface area contributed by atoms with Crippen molar-refractivity contribution >= 4 is 23.0 Å². The molecule has 0 unspecified atom stereocenters. The molecule has 0 atom stereocenters. The predicted octanol–water partition coefficient (Wildman–Crippen LogP) is 2.71. The third-order valence-electron chi connectivity index (χ3n) is 2.64. The summed E-state index contributed by atoms with van der Waals surface area (Å²) in [5.74, 6) is -2.69. The highest BCUT2D eigenvalue weighted by Crippen LogP contribution is 2.22. The number of amides is 1. The highest BCUT2D eigenvalue weighted by Gasteiger charge is 2.17. The number of halogens is 2. The predicted molar refractivity (Wildman–Crippen MR) is 71.8 cm³/mol. The van der Waals surface area contributed by atoms with Crippen LogP contribution in [0.5, 0.6) is 0 Å². The topological polar surface area (TPSA) is 98.3 Å². The van der Waals surface area contributed by atoms with Crippen molar-refractivity contribution in [2.24, 2.45) is 0 Å². The smallest absolute Gasteiger partial charge is 0.306 e. The van der Waals surface area contributed by atoms with Crippen LogP contribution in [0, 0.1) is 21.7 Å². The number of rotatable bonds is 3. The lowest BCUT2D eigenvalue weighted by Crippen LogP contribution is -2.14. The standard InChI is InChI=1S/C13H9F2N3O3/c14-10-4-2-8(6-12(10)18(20)21)17-13(19)9-3-1-7(16)5-11(9)15/h1-6H,16H2,(H,17,19). The van der Waals surface area contributed by atoms with Gasteiger partial charge >= 0.3 is 5.69 Å². The van der Waals surface area contributed by atoms with Crippen LogP contribution in [-0.2, 0) is 0 Å². The van der Waals surface area contributed by atoms with Gasteiger partial charge in [-0.1, -0.05) is 0 Å². The van der Waals surface area contributed by atoms with Crippen molar-refractivity contribution in [3.05, 3.63) is 63.7 Å². The lowest BCUT2D eigenvalue weighted by molar-refractivity contribution is -0.387. The van der Waals surface area contributed by atoms with Crippen molar-refractivity contribution in [3.8, 4) is 0 Å². The molecule has 0 spiro atoms. The molecule has 0 heterocycles. The minimum Gasteiger partial charge on any atom is -0.399 e. The van der Waals surface area contributed by atoms with Crippen LogP contribution in [0.4, 0.5) is 25.8 Å². The number of nitrogen functional groups attached to an aromatic ring is 1. The Kier molecular flexibility index (Phi) is 3.79. The van der Waals surface area contributed by atoms with Gasteiger partial charge in [0, 0.05) is 17.4 Å². The number of carbonyl (C=O) groups excluding carboxylic acids is 1. The number of anilines is 2. The first-order chi connectivity index (χ1) is 9.88. The maximum Gasteiger partial charge on any atom is 0.306 e. The molecule has 2 aromatic rings. The Balaban J connectivity index is 2.27. The van der Waals surface area contributed by atoms with Gasteiger partial charge in [0.2, 0.25) is 5.82 Å². The van der Waals surface area contributed by atoms with Gasteiger partial charge in [-0.25, -0.2) is 4.39 Å². The molecular weight excluding hydrogens is 284 g/mol. The Bertz CT molecular complexity index is 735. The Morgan fingerprint density at radius 3 is 2.48 bits per heavy atom. The van der Waals surface area contributed by atoms with Crippen LogP contribution in [0.15, 0.2) is 36.4 Å². The molecule has 0 aliphatic carbocycles. The molecule has 0 fully saturated rings. The molecule has 0 saturated heterocycles. The summed E-state index contributed by atoms with van der Waals surface area (Å²) >= 11 is 0. The molecule has 0 aliphatic heterocycles. The monoisotopic (exact) mass is 293 g/mol. The van der Waals surface area contributed by atoms with Gasteiger partial charge in [0.1, 0.15) is 5.82 Å². The zero-order valence-corrected chi connectivity index (χ0v) is 10.5. The molecule has 21 heavy (non-hydrogen) atoms. The van der Waals surface area contributed by atoms with E-state index in [4.69, 9.17) is 5.73 Å². The van der Waals surface area contributed by atoms with Crippen LogP contribution >= 0.6 is 0 Å². The first kappa shape index (κ1) is 14.4. The van der Waals surface area contributed by atoms with E-state index in [-0.39, 0.29) is 16.9 Å². The van der Waals surface area contributed by atoms with Crippen LogP contribution in [0.1, 0.15) is 10.4 Å². The van der Waals surface area contributed by atoms with Crippen molar-refractivity contribution in [3.63, 3.8) is 0 Å². The highest BCUT2D eigenvalue weighted by atomic mass is 19.1. The van der Waals surface area contributed by atoms with E-state index in [1.807, 2.05) is 0 Å². The van der Waals surface area contributed by atoms with Crippen LogP contribution in [0.3, 0.4) is 0 Å². The van der Waals surface area contributed by atoms with E-state index in [2.05, 4.69) is 5.32 Å². The fourth-order valence-corrected chi connectivity index (χ4v) is 1.64. The van der Waals surface area contributed by atoms with Gasteiger partial charge in [0.15, 0.2) is 0 Å². The molecule has 8 heteroatoms. The molecule has 1 amide bonds. The maximum atomic E-state index is 13.6. The zero-order chi connectivity index (χ0) is 15.6. The van der Waals surface area contributed by atoms with Crippen molar-refractivity contribution in [2.45, 2.75) is 0 Å². The van der Waals surface area contributed by atoms with E-state index < -0.39 is 28.2 Å². The maximum absolute atomic E-state index is 13.6. The van der Waals surface area contributed by atoms with Crippen LogP contribution in [0.25, 0.3) is 0 Å². The summed E-state index contributed by atoms with van der Waals surface area (Å²) in [6.45, 7) is 0. The van der Waals surface area contributed by atoms with E-state index in [9.17, 15) is 23.7 Å². The Labute approximate surface area is 117 Å². The van der Waals surface area contributed by atoms with Gasteiger partial charge in [0.25, 0.3) is 5.91 Å². The number of benzene rings is 2. The van der Waals surface area contributed by atoms with E-state index in [0.717, 1.165) is 24.3 Å². The highest BCUT2D eigenvalue weighted by molar-refractivity contribution is 6.04. The van der Waals surface area contributed by atoms with Gasteiger partial charge in [-0.2, -0.15) is 4.39 Å². The third-order valence-corrected chi connectivity index (χ3v) is 2.64. The van der Waals surface area contributed by atoms with Crippen molar-refractivity contribution < 1.29 is 18.5 Å². The SMILES string of the molecule is Nc1ccc(C(=O)Nc2ccc(F)c([N+](=O)[O-])c2)c(F)c1. The Morgan fingerprint density at radius 1 is 1.14 bits per heavy atom.